The Balaban J connectivity index is 1.77. The molecule has 0 saturated carbocycles. The van der Waals surface area contributed by atoms with E-state index in [1.54, 1.807) is 36.4 Å². The molecule has 1 N–H and O–H groups in total. The lowest BCUT2D eigenvalue weighted by Gasteiger charge is -2.13. The van der Waals surface area contributed by atoms with Crippen molar-refractivity contribution in [2.75, 3.05) is 5.32 Å². The second kappa shape index (κ2) is 10.1. The first kappa shape index (κ1) is 24.7. The summed E-state index contributed by atoms with van der Waals surface area (Å²) in [7, 11) is -4.15. The van der Waals surface area contributed by atoms with Crippen molar-refractivity contribution in [3.63, 3.8) is 0 Å². The van der Waals surface area contributed by atoms with Gasteiger partial charge in [0.15, 0.2) is 5.75 Å². The lowest BCUT2D eigenvalue weighted by atomic mass is 10.0. The summed E-state index contributed by atoms with van der Waals surface area (Å²) < 4.78 is 31.5. The number of fused-ring (bicyclic) bond motifs is 1. The van der Waals surface area contributed by atoms with Crippen LogP contribution in [0.2, 0.25) is 0 Å². The van der Waals surface area contributed by atoms with Crippen LogP contribution < -0.4 is 9.50 Å². The van der Waals surface area contributed by atoms with Crippen LogP contribution in [0.25, 0.3) is 16.8 Å². The average molecular weight is 497 g/mol. The molecule has 1 amide bonds. The van der Waals surface area contributed by atoms with Gasteiger partial charge in [0.05, 0.1) is 0 Å². The molecular formula is C29H24N2O4S. The van der Waals surface area contributed by atoms with Crippen molar-refractivity contribution in [3.8, 4) is 11.8 Å². The summed E-state index contributed by atoms with van der Waals surface area (Å²) in [6.07, 6.45) is 1.36. The van der Waals surface area contributed by atoms with E-state index in [9.17, 15) is 18.5 Å². The van der Waals surface area contributed by atoms with Crippen LogP contribution in [0.4, 0.5) is 5.69 Å². The van der Waals surface area contributed by atoms with Gasteiger partial charge in [-0.1, -0.05) is 54.1 Å². The van der Waals surface area contributed by atoms with E-state index < -0.39 is 16.0 Å². The molecular weight excluding hydrogens is 472 g/mol. The number of aryl methyl sites for hydroxylation is 3. The molecule has 0 radical (unpaired) electrons. The molecule has 0 fully saturated rings. The predicted molar refractivity (Wildman–Crippen MR) is 141 cm³/mol. The summed E-state index contributed by atoms with van der Waals surface area (Å²) in [6.45, 7) is 5.75. The second-order valence-electron chi connectivity index (χ2n) is 8.47. The number of benzene rings is 4. The number of nitrogens with zero attached hydrogens (tertiary/aromatic N) is 1. The summed E-state index contributed by atoms with van der Waals surface area (Å²) in [5.74, 6) is -0.595. The Kier molecular flexibility index (Phi) is 6.91. The van der Waals surface area contributed by atoms with Gasteiger partial charge >= 0.3 is 10.1 Å². The first-order valence-corrected chi connectivity index (χ1v) is 12.6. The largest absolute Gasteiger partial charge is 0.378 e. The fourth-order valence-electron chi connectivity index (χ4n) is 3.68. The van der Waals surface area contributed by atoms with E-state index in [0.29, 0.717) is 16.6 Å². The molecule has 4 aromatic carbocycles. The van der Waals surface area contributed by atoms with Crippen molar-refractivity contribution in [2.45, 2.75) is 25.7 Å². The van der Waals surface area contributed by atoms with E-state index in [-0.39, 0.29) is 16.2 Å². The van der Waals surface area contributed by atoms with Gasteiger partial charge in [-0.2, -0.15) is 13.7 Å². The smallest absolute Gasteiger partial charge is 0.339 e. The van der Waals surface area contributed by atoms with Crippen LogP contribution in [0.5, 0.6) is 5.75 Å². The molecule has 36 heavy (non-hydrogen) atoms. The third kappa shape index (κ3) is 5.29. The SMILES string of the molecule is Cc1ccc(S(=O)(=O)Oc2ccc3ccccc3c2/C=C(\C#N)C(=O)Nc2ccc(C)c(C)c2)cc1. The van der Waals surface area contributed by atoms with Gasteiger partial charge in [-0.3, -0.25) is 4.79 Å². The Hall–Kier alpha value is -4.41. The highest BCUT2D eigenvalue weighted by Crippen LogP contribution is 2.32. The number of amides is 1. The van der Waals surface area contributed by atoms with E-state index >= 15 is 0 Å². The van der Waals surface area contributed by atoms with Gasteiger partial charge in [-0.25, -0.2) is 0 Å². The molecule has 0 atom stereocenters. The van der Waals surface area contributed by atoms with Crippen molar-refractivity contribution in [3.05, 3.63) is 107 Å². The van der Waals surface area contributed by atoms with Crippen LogP contribution in [0, 0.1) is 32.1 Å². The van der Waals surface area contributed by atoms with Crippen molar-refractivity contribution in [1.82, 2.24) is 0 Å². The maximum atomic E-state index is 13.0. The van der Waals surface area contributed by atoms with Crippen LogP contribution in [0.3, 0.4) is 0 Å². The number of carbonyl (C=O) groups excluding carboxylic acids is 1. The summed E-state index contributed by atoms with van der Waals surface area (Å²) in [5, 5.41) is 14.0. The minimum absolute atomic E-state index is 0.00387. The van der Waals surface area contributed by atoms with Crippen LogP contribution >= 0.6 is 0 Å². The third-order valence-electron chi connectivity index (χ3n) is 5.86. The van der Waals surface area contributed by atoms with Crippen LogP contribution in [0.15, 0.2) is 89.3 Å². The van der Waals surface area contributed by atoms with Crippen LogP contribution in [-0.2, 0) is 14.9 Å². The molecule has 7 heteroatoms. The van der Waals surface area contributed by atoms with Gasteiger partial charge in [-0.15, -0.1) is 0 Å². The summed E-state index contributed by atoms with van der Waals surface area (Å²) >= 11 is 0. The molecule has 0 aromatic heterocycles. The lowest BCUT2D eigenvalue weighted by molar-refractivity contribution is -0.112. The fraction of sp³-hybridized carbons (Fsp3) is 0.103. The molecule has 0 aliphatic rings. The summed E-state index contributed by atoms with van der Waals surface area (Å²) in [6, 6.07) is 24.2. The molecule has 4 aromatic rings. The van der Waals surface area contributed by atoms with E-state index in [1.165, 1.54) is 24.3 Å². The Labute approximate surface area is 210 Å². The highest BCUT2D eigenvalue weighted by molar-refractivity contribution is 7.87. The van der Waals surface area contributed by atoms with E-state index in [2.05, 4.69) is 5.32 Å². The molecule has 0 spiro atoms. The van der Waals surface area contributed by atoms with E-state index in [4.69, 9.17) is 4.18 Å². The summed E-state index contributed by atoms with van der Waals surface area (Å²) in [4.78, 5) is 13.0. The highest BCUT2D eigenvalue weighted by atomic mass is 32.2. The average Bonchev–Trinajstić information content (AvgIpc) is 2.85. The molecule has 0 aliphatic heterocycles. The molecule has 4 rings (SSSR count). The summed E-state index contributed by atoms with van der Waals surface area (Å²) in [5.41, 5.74) is 3.67. The number of hydrogen-bond donors (Lipinski definition) is 1. The highest BCUT2D eigenvalue weighted by Gasteiger charge is 2.20. The number of rotatable bonds is 6. The minimum atomic E-state index is -4.15. The van der Waals surface area contributed by atoms with Crippen LogP contribution in [-0.4, -0.2) is 14.3 Å². The van der Waals surface area contributed by atoms with E-state index in [1.807, 2.05) is 51.1 Å². The zero-order valence-corrected chi connectivity index (χ0v) is 20.9. The molecule has 0 unspecified atom stereocenters. The van der Waals surface area contributed by atoms with Crippen molar-refractivity contribution in [1.29, 1.82) is 5.26 Å². The Morgan fingerprint density at radius 1 is 0.917 bits per heavy atom. The topological polar surface area (TPSA) is 96.3 Å². The number of nitriles is 1. The zero-order chi connectivity index (χ0) is 25.9. The fourth-order valence-corrected chi connectivity index (χ4v) is 4.63. The first-order chi connectivity index (χ1) is 17.2. The van der Waals surface area contributed by atoms with Crippen LogP contribution in [0.1, 0.15) is 22.3 Å². The molecule has 0 aliphatic carbocycles. The molecule has 180 valence electrons. The normalized spacial score (nSPS) is 11.7. The van der Waals surface area contributed by atoms with Gasteiger partial charge in [0.25, 0.3) is 5.91 Å². The zero-order valence-electron chi connectivity index (χ0n) is 20.1. The molecule has 6 nitrogen and oxygen atoms in total. The Morgan fingerprint density at radius 2 is 1.64 bits per heavy atom. The van der Waals surface area contributed by atoms with Gasteiger partial charge < -0.3 is 9.50 Å². The molecule has 0 heterocycles. The minimum Gasteiger partial charge on any atom is -0.378 e. The van der Waals surface area contributed by atoms with Gasteiger partial charge in [0.2, 0.25) is 0 Å². The van der Waals surface area contributed by atoms with E-state index in [0.717, 1.165) is 22.1 Å². The first-order valence-electron chi connectivity index (χ1n) is 11.2. The second-order valence-corrected chi connectivity index (χ2v) is 10.0. The lowest BCUT2D eigenvalue weighted by Crippen LogP contribution is -2.14. The Morgan fingerprint density at radius 3 is 2.33 bits per heavy atom. The van der Waals surface area contributed by atoms with Gasteiger partial charge in [-0.05, 0) is 79.1 Å². The number of nitrogens with one attached hydrogen (secondary N) is 1. The predicted octanol–water partition coefficient (Wildman–Crippen LogP) is 6.08. The Bertz CT molecular complexity index is 1650. The standard InChI is InChI=1S/C29H24N2O4S/c1-19-8-13-25(14-9-19)36(33,34)35-28-15-11-22-6-4-5-7-26(22)27(28)17-23(18-30)29(32)31-24-12-10-20(2)21(3)16-24/h4-17H,1-3H3,(H,31,32)/b23-17+. The van der Waals surface area contributed by atoms with Gasteiger partial charge in [0, 0.05) is 11.3 Å². The number of hydrogen-bond acceptors (Lipinski definition) is 5. The quantitative estimate of drug-likeness (QED) is 0.198. The molecule has 0 bridgehead atoms. The van der Waals surface area contributed by atoms with Crippen molar-refractivity contribution >= 4 is 38.6 Å². The number of anilines is 1. The van der Waals surface area contributed by atoms with Crippen molar-refractivity contribution in [2.24, 2.45) is 0 Å². The number of carbonyl (C=O) groups is 1. The monoisotopic (exact) mass is 496 g/mol. The third-order valence-corrected chi connectivity index (χ3v) is 7.11. The maximum Gasteiger partial charge on any atom is 0.339 e. The maximum absolute atomic E-state index is 13.0. The van der Waals surface area contributed by atoms with Gasteiger partial charge in [0.1, 0.15) is 16.5 Å². The van der Waals surface area contributed by atoms with Crippen molar-refractivity contribution < 1.29 is 17.4 Å². The molecule has 0 saturated heterocycles.